The quantitative estimate of drug-likeness (QED) is 0.482. The summed E-state index contributed by atoms with van der Waals surface area (Å²) in [6.45, 7) is 14.0. The second-order valence-corrected chi connectivity index (χ2v) is 5.15. The van der Waals surface area contributed by atoms with Gasteiger partial charge in [0.05, 0.1) is 0 Å². The second kappa shape index (κ2) is 6.07. The lowest BCUT2D eigenvalue weighted by molar-refractivity contribution is -0.164. The summed E-state index contributed by atoms with van der Waals surface area (Å²) in [5, 5.41) is 0. The molecule has 0 rings (SSSR count). The van der Waals surface area contributed by atoms with Gasteiger partial charge in [0, 0.05) is 11.5 Å². The van der Waals surface area contributed by atoms with E-state index in [0.717, 1.165) is 12.8 Å². The van der Waals surface area contributed by atoms with Crippen molar-refractivity contribution in [1.29, 1.82) is 0 Å². The van der Waals surface area contributed by atoms with Crippen molar-refractivity contribution in [2.75, 3.05) is 0 Å². The zero-order chi connectivity index (χ0) is 12.8. The number of carbonyl (C=O) groups excluding carboxylic acids is 1. The van der Waals surface area contributed by atoms with E-state index in [-0.39, 0.29) is 11.4 Å². The average Bonchev–Trinajstić information content (AvgIpc) is 2.24. The summed E-state index contributed by atoms with van der Waals surface area (Å²) in [5.41, 5.74) is -0.413. The molecular weight excluding hydrogens is 200 g/mol. The Bertz CT molecular complexity index is 243. The van der Waals surface area contributed by atoms with Crippen LogP contribution in [0, 0.1) is 5.41 Å². The van der Waals surface area contributed by atoms with Crippen molar-refractivity contribution in [3.05, 3.63) is 12.7 Å². The molecule has 0 aliphatic carbocycles. The van der Waals surface area contributed by atoms with E-state index in [9.17, 15) is 4.79 Å². The Balaban J connectivity index is 4.75. The zero-order valence-electron chi connectivity index (χ0n) is 11.4. The monoisotopic (exact) mass is 226 g/mol. The molecule has 0 amide bonds. The lowest BCUT2D eigenvalue weighted by Gasteiger charge is -2.43. The Labute approximate surface area is 100 Å². The first-order valence-electron chi connectivity index (χ1n) is 6.18. The number of hydrogen-bond acceptors (Lipinski definition) is 2. The van der Waals surface area contributed by atoms with Gasteiger partial charge in [-0.2, -0.15) is 0 Å². The van der Waals surface area contributed by atoms with Crippen LogP contribution in [0.3, 0.4) is 0 Å². The number of ether oxygens (including phenoxy) is 1. The highest BCUT2D eigenvalue weighted by atomic mass is 16.6. The lowest BCUT2D eigenvalue weighted by atomic mass is 9.70. The Kier molecular flexibility index (Phi) is 5.77. The molecule has 0 N–H and O–H groups in total. The molecule has 94 valence electrons. The van der Waals surface area contributed by atoms with Crippen LogP contribution >= 0.6 is 0 Å². The largest absolute Gasteiger partial charge is 0.456 e. The minimum absolute atomic E-state index is 0.0294. The summed E-state index contributed by atoms with van der Waals surface area (Å²) >= 11 is 0. The molecule has 0 heterocycles. The summed E-state index contributed by atoms with van der Waals surface area (Å²) in [5.74, 6) is -0.332. The van der Waals surface area contributed by atoms with E-state index in [1.54, 1.807) is 0 Å². The molecule has 0 radical (unpaired) electrons. The van der Waals surface area contributed by atoms with Gasteiger partial charge in [0.1, 0.15) is 5.60 Å². The first kappa shape index (κ1) is 15.2. The maximum atomic E-state index is 11.3. The van der Waals surface area contributed by atoms with Gasteiger partial charge in [-0.1, -0.05) is 40.2 Å². The van der Waals surface area contributed by atoms with E-state index in [1.807, 2.05) is 13.8 Å². The van der Waals surface area contributed by atoms with E-state index in [2.05, 4.69) is 27.4 Å². The predicted molar refractivity (Wildman–Crippen MR) is 68.3 cm³/mol. The van der Waals surface area contributed by atoms with Crippen LogP contribution < -0.4 is 0 Å². The third kappa shape index (κ3) is 3.66. The molecule has 16 heavy (non-hydrogen) atoms. The Morgan fingerprint density at radius 3 is 2.25 bits per heavy atom. The Morgan fingerprint density at radius 2 is 1.88 bits per heavy atom. The topological polar surface area (TPSA) is 26.3 Å². The normalized spacial score (nSPS) is 15.3. The maximum absolute atomic E-state index is 11.3. The molecule has 0 saturated heterocycles. The Morgan fingerprint density at radius 1 is 1.31 bits per heavy atom. The van der Waals surface area contributed by atoms with E-state index < -0.39 is 5.60 Å². The summed E-state index contributed by atoms with van der Waals surface area (Å²) in [6.07, 6.45) is 5.65. The fraction of sp³-hybridized carbons (Fsp3) is 0.786. The van der Waals surface area contributed by atoms with Gasteiger partial charge in [0.25, 0.3) is 0 Å². The Hall–Kier alpha value is -0.790. The smallest absolute Gasteiger partial charge is 0.330 e. The van der Waals surface area contributed by atoms with E-state index in [0.29, 0.717) is 0 Å². The third-order valence-corrected chi connectivity index (χ3v) is 3.84. The van der Waals surface area contributed by atoms with Crippen LogP contribution in [0.1, 0.15) is 60.3 Å². The number of rotatable bonds is 7. The van der Waals surface area contributed by atoms with Gasteiger partial charge in [-0.3, -0.25) is 0 Å². The summed E-state index contributed by atoms with van der Waals surface area (Å²) in [6, 6.07) is 0. The fourth-order valence-electron chi connectivity index (χ4n) is 1.89. The molecule has 1 atom stereocenters. The van der Waals surface area contributed by atoms with Crippen LogP contribution in [0.15, 0.2) is 12.7 Å². The van der Waals surface area contributed by atoms with Crippen molar-refractivity contribution in [2.45, 2.75) is 65.9 Å². The van der Waals surface area contributed by atoms with Gasteiger partial charge in [0.15, 0.2) is 0 Å². The van der Waals surface area contributed by atoms with Crippen molar-refractivity contribution >= 4 is 5.97 Å². The third-order valence-electron chi connectivity index (χ3n) is 3.84. The van der Waals surface area contributed by atoms with Crippen molar-refractivity contribution in [3.63, 3.8) is 0 Å². The van der Waals surface area contributed by atoms with Gasteiger partial charge in [0.2, 0.25) is 0 Å². The highest BCUT2D eigenvalue weighted by molar-refractivity contribution is 5.81. The van der Waals surface area contributed by atoms with Gasteiger partial charge in [-0.05, 0) is 26.7 Å². The molecule has 0 aromatic carbocycles. The number of carbonyl (C=O) groups is 1. The molecule has 0 aliphatic heterocycles. The predicted octanol–water partition coefficient (Wildman–Crippen LogP) is 4.10. The van der Waals surface area contributed by atoms with Crippen LogP contribution in [0.4, 0.5) is 0 Å². The fourth-order valence-corrected chi connectivity index (χ4v) is 1.89. The second-order valence-electron chi connectivity index (χ2n) is 5.15. The molecule has 0 saturated carbocycles. The summed E-state index contributed by atoms with van der Waals surface area (Å²) in [7, 11) is 0. The van der Waals surface area contributed by atoms with Crippen LogP contribution in [0.5, 0.6) is 0 Å². The van der Waals surface area contributed by atoms with Crippen molar-refractivity contribution < 1.29 is 9.53 Å². The average molecular weight is 226 g/mol. The summed E-state index contributed by atoms with van der Waals surface area (Å²) in [4.78, 5) is 11.3. The van der Waals surface area contributed by atoms with Crippen LogP contribution in [0.2, 0.25) is 0 Å². The van der Waals surface area contributed by atoms with Crippen molar-refractivity contribution in [3.8, 4) is 0 Å². The molecule has 2 heteroatoms. The molecule has 0 spiro atoms. The SMILES string of the molecule is C=CC(=O)OC(C)(C)C(C)(CC)CCCC. The number of unbranched alkanes of at least 4 members (excludes halogenated alkanes) is 1. The summed E-state index contributed by atoms with van der Waals surface area (Å²) < 4.78 is 5.48. The molecule has 0 aromatic heterocycles. The van der Waals surface area contributed by atoms with E-state index in [1.165, 1.54) is 18.9 Å². The minimum atomic E-state index is -0.442. The number of esters is 1. The first-order valence-corrected chi connectivity index (χ1v) is 6.18. The highest BCUT2D eigenvalue weighted by Crippen LogP contribution is 2.41. The maximum Gasteiger partial charge on any atom is 0.330 e. The minimum Gasteiger partial charge on any atom is -0.456 e. The van der Waals surface area contributed by atoms with E-state index >= 15 is 0 Å². The molecular formula is C14H26O2. The lowest BCUT2D eigenvalue weighted by Crippen LogP contribution is -2.44. The van der Waals surface area contributed by atoms with Crippen molar-refractivity contribution in [2.24, 2.45) is 5.41 Å². The van der Waals surface area contributed by atoms with Crippen LogP contribution in [-0.4, -0.2) is 11.6 Å². The molecule has 0 fully saturated rings. The van der Waals surface area contributed by atoms with Crippen LogP contribution in [0.25, 0.3) is 0 Å². The highest BCUT2D eigenvalue weighted by Gasteiger charge is 2.41. The van der Waals surface area contributed by atoms with Gasteiger partial charge >= 0.3 is 5.97 Å². The molecule has 0 aromatic rings. The van der Waals surface area contributed by atoms with Crippen LogP contribution in [-0.2, 0) is 9.53 Å². The molecule has 0 bridgehead atoms. The molecule has 0 aliphatic rings. The molecule has 2 nitrogen and oxygen atoms in total. The number of hydrogen-bond donors (Lipinski definition) is 0. The first-order chi connectivity index (χ1) is 7.33. The van der Waals surface area contributed by atoms with Gasteiger partial charge < -0.3 is 4.74 Å². The zero-order valence-corrected chi connectivity index (χ0v) is 11.4. The molecule has 1 unspecified atom stereocenters. The van der Waals surface area contributed by atoms with Gasteiger partial charge in [-0.15, -0.1) is 0 Å². The van der Waals surface area contributed by atoms with Gasteiger partial charge in [-0.25, -0.2) is 4.79 Å². The van der Waals surface area contributed by atoms with Crippen molar-refractivity contribution in [1.82, 2.24) is 0 Å². The van der Waals surface area contributed by atoms with E-state index in [4.69, 9.17) is 4.74 Å². The standard InChI is InChI=1S/C14H26O2/c1-7-10-11-14(6,9-3)13(4,5)16-12(15)8-2/h8H,2,7,9-11H2,1,3-6H3.